The lowest BCUT2D eigenvalue weighted by molar-refractivity contribution is -0.140. The van der Waals surface area contributed by atoms with Gasteiger partial charge in [-0.2, -0.15) is 0 Å². The van der Waals surface area contributed by atoms with Crippen LogP contribution in [0.25, 0.3) is 5.76 Å². The average molecular weight is 485 g/mol. The quantitative estimate of drug-likeness (QED) is 0.234. The third-order valence-corrected chi connectivity index (χ3v) is 5.97. The number of nitrogens with zero attached hydrogens (tertiary/aromatic N) is 2. The lowest BCUT2D eigenvalue weighted by atomic mass is 9.95. The van der Waals surface area contributed by atoms with Crippen LogP contribution in [0.15, 0.2) is 85.2 Å². The maximum absolute atomic E-state index is 13.3. The van der Waals surface area contributed by atoms with Gasteiger partial charge in [0.15, 0.2) is 11.5 Å². The number of carbonyl (C=O) groups excluding carboxylic acids is 2. The van der Waals surface area contributed by atoms with Crippen LogP contribution in [-0.4, -0.2) is 46.5 Å². The molecule has 36 heavy (non-hydrogen) atoms. The highest BCUT2D eigenvalue weighted by Crippen LogP contribution is 2.42. The molecule has 1 atom stereocenters. The van der Waals surface area contributed by atoms with E-state index in [-0.39, 0.29) is 17.9 Å². The molecule has 2 aliphatic rings. The molecule has 1 aromatic heterocycles. The second kappa shape index (κ2) is 9.95. The van der Waals surface area contributed by atoms with Gasteiger partial charge in [0.05, 0.1) is 11.6 Å². The molecule has 8 nitrogen and oxygen atoms in total. The number of pyridine rings is 1. The molecule has 1 fully saturated rings. The van der Waals surface area contributed by atoms with Crippen molar-refractivity contribution in [2.75, 3.05) is 19.8 Å². The number of ether oxygens (including phenoxy) is 3. The lowest BCUT2D eigenvalue weighted by Crippen LogP contribution is -2.29. The fourth-order valence-corrected chi connectivity index (χ4v) is 4.35. The Balaban J connectivity index is 1.62. The van der Waals surface area contributed by atoms with Gasteiger partial charge in [-0.25, -0.2) is 0 Å². The number of aliphatic hydroxyl groups is 1. The predicted octanol–water partition coefficient (Wildman–Crippen LogP) is 4.04. The minimum Gasteiger partial charge on any atom is -0.507 e. The van der Waals surface area contributed by atoms with Crippen LogP contribution in [0.3, 0.4) is 0 Å². The van der Waals surface area contributed by atoms with Crippen LogP contribution in [0.5, 0.6) is 17.2 Å². The minimum atomic E-state index is -0.842. The molecule has 5 rings (SSSR count). The molecule has 0 radical (unpaired) electrons. The largest absolute Gasteiger partial charge is 0.507 e. The molecule has 0 bridgehead atoms. The number of amides is 1. The highest BCUT2D eigenvalue weighted by molar-refractivity contribution is 6.46. The molecular weight excluding hydrogens is 460 g/mol. The van der Waals surface area contributed by atoms with E-state index in [0.717, 1.165) is 5.56 Å². The van der Waals surface area contributed by atoms with Crippen molar-refractivity contribution < 1.29 is 28.9 Å². The number of hydrogen-bond acceptors (Lipinski definition) is 7. The number of ketones is 1. The zero-order valence-corrected chi connectivity index (χ0v) is 19.4. The molecule has 1 N–H and O–H groups in total. The summed E-state index contributed by atoms with van der Waals surface area (Å²) in [6.45, 7) is 4.92. The second-order valence-electron chi connectivity index (χ2n) is 8.32. The summed E-state index contributed by atoms with van der Waals surface area (Å²) in [5.41, 5.74) is 1.71. The van der Waals surface area contributed by atoms with Gasteiger partial charge in [-0.3, -0.25) is 14.6 Å². The third-order valence-electron chi connectivity index (χ3n) is 5.97. The van der Waals surface area contributed by atoms with Crippen LogP contribution in [0, 0.1) is 0 Å². The standard InChI is InChI=1S/C28H24N2O6/c1-2-11-34-21-7-3-6-19(14-21)25-24(26(31)20-8-9-22-23(15-20)36-13-12-35-22)27(32)28(33)30(25)17-18-5-4-10-29-16-18/h2-10,14-16,25,31H,1,11-13,17H2/b26-24-. The third kappa shape index (κ3) is 4.40. The minimum absolute atomic E-state index is 0.0126. The van der Waals surface area contributed by atoms with Gasteiger partial charge in [-0.15, -0.1) is 0 Å². The molecular formula is C28H24N2O6. The molecule has 3 aromatic rings. The van der Waals surface area contributed by atoms with Gasteiger partial charge in [0.1, 0.15) is 31.3 Å². The number of Topliss-reactive ketones (excluding diaryl/α,β-unsaturated/α-hetero) is 1. The van der Waals surface area contributed by atoms with Crippen molar-refractivity contribution >= 4 is 17.4 Å². The summed E-state index contributed by atoms with van der Waals surface area (Å²) in [5, 5.41) is 11.4. The van der Waals surface area contributed by atoms with Crippen molar-refractivity contribution in [1.82, 2.24) is 9.88 Å². The van der Waals surface area contributed by atoms with E-state index in [1.54, 1.807) is 67.0 Å². The molecule has 2 aliphatic heterocycles. The fourth-order valence-electron chi connectivity index (χ4n) is 4.35. The maximum Gasteiger partial charge on any atom is 0.295 e. The van der Waals surface area contributed by atoms with Crippen LogP contribution in [0.4, 0.5) is 0 Å². The Morgan fingerprint density at radius 1 is 1.11 bits per heavy atom. The van der Waals surface area contributed by atoms with Crippen molar-refractivity contribution in [3.05, 3.63) is 102 Å². The van der Waals surface area contributed by atoms with E-state index in [9.17, 15) is 14.7 Å². The van der Waals surface area contributed by atoms with E-state index in [0.29, 0.717) is 48.2 Å². The van der Waals surface area contributed by atoms with Gasteiger partial charge in [0.2, 0.25) is 0 Å². The maximum atomic E-state index is 13.3. The molecule has 0 saturated carbocycles. The van der Waals surface area contributed by atoms with Crippen LogP contribution in [0.2, 0.25) is 0 Å². The van der Waals surface area contributed by atoms with Crippen molar-refractivity contribution in [2.45, 2.75) is 12.6 Å². The van der Waals surface area contributed by atoms with Crippen molar-refractivity contribution in [3.63, 3.8) is 0 Å². The molecule has 0 aliphatic carbocycles. The van der Waals surface area contributed by atoms with Gasteiger partial charge in [-0.05, 0) is 47.5 Å². The Bertz CT molecular complexity index is 1350. The van der Waals surface area contributed by atoms with E-state index in [1.165, 1.54) is 4.90 Å². The Morgan fingerprint density at radius 2 is 1.94 bits per heavy atom. The number of benzene rings is 2. The highest BCUT2D eigenvalue weighted by Gasteiger charge is 2.46. The molecule has 1 unspecified atom stereocenters. The van der Waals surface area contributed by atoms with Crippen molar-refractivity contribution in [1.29, 1.82) is 0 Å². The average Bonchev–Trinajstić information content (AvgIpc) is 3.17. The van der Waals surface area contributed by atoms with E-state index in [1.807, 2.05) is 6.07 Å². The number of aromatic nitrogens is 1. The summed E-state index contributed by atoms with van der Waals surface area (Å²) < 4.78 is 16.9. The number of hydrogen-bond donors (Lipinski definition) is 1. The number of aliphatic hydroxyl groups excluding tert-OH is 1. The zero-order valence-electron chi connectivity index (χ0n) is 19.4. The molecule has 2 aromatic carbocycles. The Hall–Kier alpha value is -4.59. The van der Waals surface area contributed by atoms with Gasteiger partial charge in [-0.1, -0.05) is 30.9 Å². The first-order chi connectivity index (χ1) is 17.6. The Labute approximate surface area is 208 Å². The van der Waals surface area contributed by atoms with Gasteiger partial charge >= 0.3 is 0 Å². The molecule has 8 heteroatoms. The van der Waals surface area contributed by atoms with Crippen LogP contribution in [-0.2, 0) is 16.1 Å². The lowest BCUT2D eigenvalue weighted by Gasteiger charge is -2.26. The van der Waals surface area contributed by atoms with E-state index in [2.05, 4.69) is 11.6 Å². The van der Waals surface area contributed by atoms with Crippen LogP contribution < -0.4 is 14.2 Å². The van der Waals surface area contributed by atoms with Crippen molar-refractivity contribution in [2.24, 2.45) is 0 Å². The van der Waals surface area contributed by atoms with Crippen LogP contribution in [0.1, 0.15) is 22.7 Å². The predicted molar refractivity (Wildman–Crippen MR) is 132 cm³/mol. The van der Waals surface area contributed by atoms with Gasteiger partial charge in [0.25, 0.3) is 11.7 Å². The summed E-state index contributed by atoms with van der Waals surface area (Å²) in [6, 6.07) is 14.8. The smallest absolute Gasteiger partial charge is 0.295 e. The van der Waals surface area contributed by atoms with E-state index >= 15 is 0 Å². The molecule has 3 heterocycles. The van der Waals surface area contributed by atoms with E-state index in [4.69, 9.17) is 14.2 Å². The summed E-state index contributed by atoms with van der Waals surface area (Å²) >= 11 is 0. The first-order valence-corrected chi connectivity index (χ1v) is 11.5. The molecule has 0 spiro atoms. The fraction of sp³-hybridized carbons (Fsp3) is 0.179. The van der Waals surface area contributed by atoms with E-state index < -0.39 is 17.7 Å². The number of likely N-dealkylation sites (tertiary alicyclic amines) is 1. The SMILES string of the molecule is C=CCOc1cccc(C2/C(=C(/O)c3ccc4c(c3)OCCO4)C(=O)C(=O)N2Cc2cccnc2)c1. The molecule has 182 valence electrons. The van der Waals surface area contributed by atoms with Gasteiger partial charge in [0, 0.05) is 24.5 Å². The summed E-state index contributed by atoms with van der Waals surface area (Å²) in [7, 11) is 0. The summed E-state index contributed by atoms with van der Waals surface area (Å²) in [4.78, 5) is 32.1. The number of rotatable bonds is 7. The van der Waals surface area contributed by atoms with Crippen LogP contribution >= 0.6 is 0 Å². The number of fused-ring (bicyclic) bond motifs is 1. The molecule has 1 amide bonds. The summed E-state index contributed by atoms with van der Waals surface area (Å²) in [5.74, 6) is -0.195. The van der Waals surface area contributed by atoms with Gasteiger partial charge < -0.3 is 24.2 Å². The first kappa shape index (κ1) is 23.2. The first-order valence-electron chi connectivity index (χ1n) is 11.5. The Kier molecular flexibility index (Phi) is 6.40. The Morgan fingerprint density at radius 3 is 2.72 bits per heavy atom. The zero-order chi connectivity index (χ0) is 25.1. The summed E-state index contributed by atoms with van der Waals surface area (Å²) in [6.07, 6.45) is 4.90. The normalized spacial score (nSPS) is 18.2. The highest BCUT2D eigenvalue weighted by atomic mass is 16.6. The second-order valence-corrected chi connectivity index (χ2v) is 8.32. The van der Waals surface area contributed by atoms with Crippen molar-refractivity contribution in [3.8, 4) is 17.2 Å². The number of carbonyl (C=O) groups is 2. The topological polar surface area (TPSA) is 98.2 Å². The monoisotopic (exact) mass is 484 g/mol. The molecule has 1 saturated heterocycles.